The zero-order chi connectivity index (χ0) is 17.6. The first kappa shape index (κ1) is 17.1. The van der Waals surface area contributed by atoms with Crippen molar-refractivity contribution in [3.8, 4) is 0 Å². The average Bonchev–Trinajstić information content (AvgIpc) is 3.31. The van der Waals surface area contributed by atoms with E-state index in [-0.39, 0.29) is 11.5 Å². The van der Waals surface area contributed by atoms with Crippen molar-refractivity contribution in [3.05, 3.63) is 20.8 Å². The summed E-state index contributed by atoms with van der Waals surface area (Å²) >= 11 is 3.04. The smallest absolute Gasteiger partial charge is 0.263 e. The van der Waals surface area contributed by atoms with Gasteiger partial charge in [-0.05, 0) is 50.5 Å². The number of aryl methyl sites for hydroxylation is 1. The number of thiophene rings is 1. The van der Waals surface area contributed by atoms with Gasteiger partial charge in [0.1, 0.15) is 4.83 Å². The van der Waals surface area contributed by atoms with Crippen LogP contribution in [0.25, 0.3) is 10.2 Å². The highest BCUT2D eigenvalue weighted by atomic mass is 32.2. The fourth-order valence-electron chi connectivity index (χ4n) is 3.42. The third kappa shape index (κ3) is 3.36. The van der Waals surface area contributed by atoms with Crippen molar-refractivity contribution >= 4 is 39.2 Å². The number of amides is 1. The molecule has 2 aromatic rings. The lowest BCUT2D eigenvalue weighted by Gasteiger charge is -2.17. The van der Waals surface area contributed by atoms with Crippen LogP contribution in [0.5, 0.6) is 0 Å². The summed E-state index contributed by atoms with van der Waals surface area (Å²) in [5, 5.41) is 4.47. The second-order valence-electron chi connectivity index (χ2n) is 7.11. The van der Waals surface area contributed by atoms with Crippen molar-refractivity contribution in [2.24, 2.45) is 5.92 Å². The van der Waals surface area contributed by atoms with Gasteiger partial charge in [-0.25, -0.2) is 4.98 Å². The minimum absolute atomic E-state index is 0.0313. The molecule has 0 aliphatic heterocycles. The van der Waals surface area contributed by atoms with Crippen molar-refractivity contribution in [2.45, 2.75) is 63.7 Å². The average molecular weight is 378 g/mol. The fourth-order valence-corrected chi connectivity index (χ4v) is 5.72. The maximum atomic E-state index is 13.0. The Kier molecular flexibility index (Phi) is 4.62. The van der Waals surface area contributed by atoms with E-state index >= 15 is 0 Å². The van der Waals surface area contributed by atoms with Crippen molar-refractivity contribution in [3.63, 3.8) is 0 Å². The molecule has 0 bridgehead atoms. The lowest BCUT2D eigenvalue weighted by atomic mass is 9.89. The lowest BCUT2D eigenvalue weighted by Crippen LogP contribution is -2.28. The van der Waals surface area contributed by atoms with E-state index in [2.05, 4.69) is 12.2 Å². The summed E-state index contributed by atoms with van der Waals surface area (Å²) in [6, 6.07) is 0.364. The number of rotatable bonds is 5. The Balaban J connectivity index is 1.67. The number of hydrogen-bond acceptors (Lipinski definition) is 5. The van der Waals surface area contributed by atoms with Crippen LogP contribution in [-0.4, -0.2) is 27.3 Å². The van der Waals surface area contributed by atoms with E-state index < -0.39 is 0 Å². The molecule has 1 N–H and O–H groups in total. The van der Waals surface area contributed by atoms with Gasteiger partial charge < -0.3 is 5.32 Å². The molecule has 1 fully saturated rings. The monoisotopic (exact) mass is 377 g/mol. The lowest BCUT2D eigenvalue weighted by molar-refractivity contribution is -0.118. The molecule has 1 saturated carbocycles. The normalized spacial score (nSPS) is 19.8. The number of fused-ring (bicyclic) bond motifs is 3. The van der Waals surface area contributed by atoms with Crippen molar-refractivity contribution in [1.29, 1.82) is 0 Å². The molecular weight excluding hydrogens is 354 g/mol. The molecule has 1 amide bonds. The van der Waals surface area contributed by atoms with Gasteiger partial charge in [-0.15, -0.1) is 11.3 Å². The first-order valence-electron chi connectivity index (χ1n) is 9.04. The van der Waals surface area contributed by atoms with Crippen LogP contribution in [0.3, 0.4) is 0 Å². The molecule has 2 aliphatic rings. The molecule has 134 valence electrons. The maximum absolute atomic E-state index is 13.0. The molecule has 2 aromatic heterocycles. The SMILES string of the molecule is CCn1c(SCC(=O)NC2CC2)nc2sc3c(c2c1=O)CC[C@H](C)C3. The van der Waals surface area contributed by atoms with E-state index in [4.69, 9.17) is 4.98 Å². The van der Waals surface area contributed by atoms with Gasteiger partial charge in [0, 0.05) is 17.5 Å². The van der Waals surface area contributed by atoms with E-state index in [9.17, 15) is 9.59 Å². The number of thioether (sulfide) groups is 1. The number of carbonyl (C=O) groups is 1. The molecule has 0 saturated heterocycles. The predicted octanol–water partition coefficient (Wildman–Crippen LogP) is 2.97. The Morgan fingerprint density at radius 2 is 2.20 bits per heavy atom. The minimum Gasteiger partial charge on any atom is -0.353 e. The molecule has 0 spiro atoms. The Bertz CT molecular complexity index is 883. The molecule has 1 atom stereocenters. The van der Waals surface area contributed by atoms with Gasteiger partial charge in [0.05, 0.1) is 11.1 Å². The summed E-state index contributed by atoms with van der Waals surface area (Å²) in [6.45, 7) is 4.81. The fraction of sp³-hybridized carbons (Fsp3) is 0.611. The zero-order valence-electron chi connectivity index (χ0n) is 14.6. The number of carbonyl (C=O) groups excluding carboxylic acids is 1. The van der Waals surface area contributed by atoms with Crippen molar-refractivity contribution < 1.29 is 4.79 Å². The Morgan fingerprint density at radius 1 is 1.40 bits per heavy atom. The third-order valence-corrected chi connectivity index (χ3v) is 7.10. The van der Waals surface area contributed by atoms with E-state index in [1.54, 1.807) is 15.9 Å². The predicted molar refractivity (Wildman–Crippen MR) is 103 cm³/mol. The maximum Gasteiger partial charge on any atom is 0.263 e. The molecule has 2 aliphatic carbocycles. The Morgan fingerprint density at radius 3 is 2.92 bits per heavy atom. The van der Waals surface area contributed by atoms with Crippen LogP contribution < -0.4 is 10.9 Å². The van der Waals surface area contributed by atoms with Gasteiger partial charge in [0.15, 0.2) is 5.16 Å². The van der Waals surface area contributed by atoms with Crippen LogP contribution in [-0.2, 0) is 24.2 Å². The molecule has 5 nitrogen and oxygen atoms in total. The van der Waals surface area contributed by atoms with Gasteiger partial charge in [-0.3, -0.25) is 14.2 Å². The van der Waals surface area contributed by atoms with E-state index in [0.717, 1.165) is 42.3 Å². The van der Waals surface area contributed by atoms with Crippen molar-refractivity contribution in [2.75, 3.05) is 5.75 Å². The first-order valence-corrected chi connectivity index (χ1v) is 10.8. The highest BCUT2D eigenvalue weighted by Gasteiger charge is 2.25. The molecular formula is C18H23N3O2S2. The second kappa shape index (κ2) is 6.76. The molecule has 0 aromatic carbocycles. The number of hydrogen-bond donors (Lipinski definition) is 1. The molecule has 2 heterocycles. The molecule has 0 radical (unpaired) electrons. The summed E-state index contributed by atoms with van der Waals surface area (Å²) in [6.07, 6.45) is 5.34. The molecule has 7 heteroatoms. The molecule has 25 heavy (non-hydrogen) atoms. The Hall–Kier alpha value is -1.34. The van der Waals surface area contributed by atoms with E-state index in [1.807, 2.05) is 6.92 Å². The second-order valence-corrected chi connectivity index (χ2v) is 9.13. The van der Waals surface area contributed by atoms with Gasteiger partial charge in [0.2, 0.25) is 5.91 Å². The van der Waals surface area contributed by atoms with E-state index in [1.165, 1.54) is 22.2 Å². The number of aromatic nitrogens is 2. The van der Waals surface area contributed by atoms with E-state index in [0.29, 0.717) is 29.4 Å². The number of nitrogens with one attached hydrogen (secondary N) is 1. The van der Waals surface area contributed by atoms with Crippen LogP contribution in [0.2, 0.25) is 0 Å². The van der Waals surface area contributed by atoms with Gasteiger partial charge in [-0.1, -0.05) is 18.7 Å². The van der Waals surface area contributed by atoms with Gasteiger partial charge in [-0.2, -0.15) is 0 Å². The summed E-state index contributed by atoms with van der Waals surface area (Å²) in [5.41, 5.74) is 1.28. The topological polar surface area (TPSA) is 64.0 Å². The highest BCUT2D eigenvalue weighted by Crippen LogP contribution is 2.36. The highest BCUT2D eigenvalue weighted by molar-refractivity contribution is 7.99. The van der Waals surface area contributed by atoms with Gasteiger partial charge >= 0.3 is 0 Å². The largest absolute Gasteiger partial charge is 0.353 e. The summed E-state index contributed by atoms with van der Waals surface area (Å²) in [4.78, 5) is 32.0. The Labute approximate surface area is 155 Å². The standard InChI is InChI=1S/C18H23N3O2S2/c1-3-21-17(23)15-12-7-4-10(2)8-13(12)25-16(15)20-18(21)24-9-14(22)19-11-5-6-11/h10-11H,3-9H2,1-2H3,(H,19,22)/t10-/m0/s1. The summed E-state index contributed by atoms with van der Waals surface area (Å²) in [7, 11) is 0. The van der Waals surface area contributed by atoms with Crippen LogP contribution in [0.15, 0.2) is 9.95 Å². The van der Waals surface area contributed by atoms with Crippen LogP contribution >= 0.6 is 23.1 Å². The number of nitrogens with zero attached hydrogens (tertiary/aromatic N) is 2. The molecule has 0 unspecified atom stereocenters. The van der Waals surface area contributed by atoms with Crippen LogP contribution in [0.4, 0.5) is 0 Å². The van der Waals surface area contributed by atoms with Crippen LogP contribution in [0, 0.1) is 5.92 Å². The van der Waals surface area contributed by atoms with Crippen LogP contribution in [0.1, 0.15) is 43.6 Å². The minimum atomic E-state index is 0.0313. The quantitative estimate of drug-likeness (QED) is 0.643. The van der Waals surface area contributed by atoms with Gasteiger partial charge in [0.25, 0.3) is 5.56 Å². The summed E-state index contributed by atoms with van der Waals surface area (Å²) in [5.74, 6) is 1.02. The summed E-state index contributed by atoms with van der Waals surface area (Å²) < 4.78 is 1.72. The first-order chi connectivity index (χ1) is 12.1. The third-order valence-electron chi connectivity index (χ3n) is 4.97. The zero-order valence-corrected chi connectivity index (χ0v) is 16.3. The van der Waals surface area contributed by atoms with Crippen molar-refractivity contribution in [1.82, 2.24) is 14.9 Å². The molecule has 4 rings (SSSR count).